The predicted octanol–water partition coefficient (Wildman–Crippen LogP) is -1.43. The van der Waals surface area contributed by atoms with Gasteiger partial charge in [0.1, 0.15) is 12.2 Å². The molecule has 1 aromatic rings. The smallest absolute Gasteiger partial charge is 0.412 e. The normalized spacial score (nSPS) is 14.8. The summed E-state index contributed by atoms with van der Waals surface area (Å²) in [5, 5.41) is 14.5. The van der Waals surface area contributed by atoms with Gasteiger partial charge in [-0.2, -0.15) is 4.57 Å². The number of alkyl carbamates (subject to hydrolysis) is 1. The summed E-state index contributed by atoms with van der Waals surface area (Å²) in [4.78, 5) is 38.2. The molecule has 1 aromatic heterocycles. The summed E-state index contributed by atoms with van der Waals surface area (Å²) >= 11 is 0. The van der Waals surface area contributed by atoms with Crippen molar-refractivity contribution in [3.05, 3.63) is 40.2 Å². The molecule has 29 heavy (non-hydrogen) atoms. The van der Waals surface area contributed by atoms with Crippen molar-refractivity contribution in [3.8, 4) is 0 Å². The number of nitrogens with one attached hydrogen (secondary N) is 2. The summed E-state index contributed by atoms with van der Waals surface area (Å²) < 4.78 is 6.80. The summed E-state index contributed by atoms with van der Waals surface area (Å²) in [6.45, 7) is 1.74. The molecule has 1 aliphatic carbocycles. The summed E-state index contributed by atoms with van der Waals surface area (Å²) in [5.74, 6) is 0.0805. The Labute approximate surface area is 186 Å². The second-order valence-corrected chi connectivity index (χ2v) is 6.81. The van der Waals surface area contributed by atoms with Crippen molar-refractivity contribution >= 4 is 12.0 Å². The number of aromatic nitrogens is 1. The third-order valence-corrected chi connectivity index (χ3v) is 4.75. The molecule has 0 unspecified atom stereocenters. The lowest BCUT2D eigenvalue weighted by Crippen LogP contribution is -3.00. The number of hydrogen-bond acceptors (Lipinski definition) is 6. The van der Waals surface area contributed by atoms with Crippen LogP contribution in [0.5, 0.6) is 0 Å². The molecule has 0 saturated heterocycles. The summed E-state index contributed by atoms with van der Waals surface area (Å²) in [6.07, 6.45) is 8.63. The Morgan fingerprint density at radius 2 is 2.07 bits per heavy atom. The molecule has 1 fully saturated rings. The van der Waals surface area contributed by atoms with Crippen molar-refractivity contribution < 1.29 is 52.8 Å². The van der Waals surface area contributed by atoms with E-state index >= 15 is 0 Å². The monoisotopic (exact) mass is 522 g/mol. The lowest BCUT2D eigenvalue weighted by Gasteiger charge is -2.27. The molecule has 162 valence electrons. The van der Waals surface area contributed by atoms with E-state index in [1.165, 1.54) is 25.5 Å². The minimum atomic E-state index is -0.917. The maximum atomic E-state index is 12.0. The van der Waals surface area contributed by atoms with Crippen LogP contribution in [-0.4, -0.2) is 36.3 Å². The molecule has 1 saturated carbocycles. The van der Waals surface area contributed by atoms with E-state index in [1.54, 1.807) is 22.9 Å². The number of ether oxygens (including phenoxy) is 1. The number of pyridine rings is 1. The lowest BCUT2D eigenvalue weighted by molar-refractivity contribution is -0.757. The Kier molecular flexibility index (Phi) is 11.2. The molecule has 0 spiro atoms. The number of amides is 2. The minimum absolute atomic E-state index is 0. The van der Waals surface area contributed by atoms with Crippen LogP contribution in [0.25, 0.3) is 0 Å². The molecule has 1 heterocycles. The van der Waals surface area contributed by atoms with Crippen molar-refractivity contribution in [3.63, 3.8) is 0 Å². The Bertz CT molecular complexity index is 684. The summed E-state index contributed by atoms with van der Waals surface area (Å²) in [6, 6.07) is 3.30. The quantitative estimate of drug-likeness (QED) is 0.135. The molecule has 1 atom stereocenters. The van der Waals surface area contributed by atoms with Crippen molar-refractivity contribution in [2.45, 2.75) is 51.8 Å². The Balaban J connectivity index is 0.00000420. The van der Waals surface area contributed by atoms with Crippen molar-refractivity contribution in [1.82, 2.24) is 10.6 Å². The van der Waals surface area contributed by atoms with Crippen LogP contribution in [0.1, 0.15) is 49.4 Å². The molecule has 2 N–H and O–H groups in total. The highest BCUT2D eigenvalue weighted by molar-refractivity contribution is 5.93. The highest BCUT2D eigenvalue weighted by Gasteiger charge is 2.22. The maximum Gasteiger partial charge on any atom is 0.412 e. The fourth-order valence-corrected chi connectivity index (χ4v) is 3.24. The number of carbonyl (C=O) groups is 2. The lowest BCUT2D eigenvalue weighted by atomic mass is 9.85. The standard InChI is InChI=1S/C18H26N4O6.HI/c1-14(15-6-3-2-4-7-15)20-18(24)27-13-21-10-5-8-16(12-21)17(23)19-9-11-28-22(25)26;/h5,8,10,12,14-15H,2-4,6-7,9,11,13H2,1H3,(H-,19,20,23,24);1H/t14-;/m0./s1. The largest absolute Gasteiger partial charge is 1.00 e. The predicted molar refractivity (Wildman–Crippen MR) is 97.6 cm³/mol. The molecule has 0 radical (unpaired) electrons. The minimum Gasteiger partial charge on any atom is -1.00 e. The molecule has 0 bridgehead atoms. The summed E-state index contributed by atoms with van der Waals surface area (Å²) in [5.41, 5.74) is 0.336. The van der Waals surface area contributed by atoms with Gasteiger partial charge in [0.05, 0.1) is 0 Å². The van der Waals surface area contributed by atoms with Crippen LogP contribution < -0.4 is 39.2 Å². The van der Waals surface area contributed by atoms with Gasteiger partial charge in [0.25, 0.3) is 17.7 Å². The average Bonchev–Trinajstić information content (AvgIpc) is 2.70. The van der Waals surface area contributed by atoms with Crippen molar-refractivity contribution in [2.75, 3.05) is 13.2 Å². The second-order valence-electron chi connectivity index (χ2n) is 6.81. The van der Waals surface area contributed by atoms with Gasteiger partial charge in [0, 0.05) is 18.7 Å². The van der Waals surface area contributed by atoms with E-state index in [4.69, 9.17) is 4.74 Å². The Morgan fingerprint density at radius 1 is 1.34 bits per heavy atom. The fourth-order valence-electron chi connectivity index (χ4n) is 3.24. The molecule has 0 aliphatic heterocycles. The topological polar surface area (TPSA) is 124 Å². The van der Waals surface area contributed by atoms with Crippen LogP contribution in [-0.2, 0) is 16.3 Å². The van der Waals surface area contributed by atoms with E-state index in [1.807, 2.05) is 6.92 Å². The van der Waals surface area contributed by atoms with Crippen LogP contribution in [0.3, 0.4) is 0 Å². The van der Waals surface area contributed by atoms with Crippen LogP contribution in [0.4, 0.5) is 4.79 Å². The second kappa shape index (κ2) is 13.1. The van der Waals surface area contributed by atoms with Gasteiger partial charge in [-0.3, -0.25) is 4.79 Å². The van der Waals surface area contributed by atoms with Gasteiger partial charge in [-0.05, 0) is 31.7 Å². The van der Waals surface area contributed by atoms with Crippen LogP contribution in [0.2, 0.25) is 0 Å². The Hall–Kier alpha value is -2.18. The number of carbonyl (C=O) groups excluding carboxylic acids is 2. The van der Waals surface area contributed by atoms with E-state index in [9.17, 15) is 19.7 Å². The first-order valence-electron chi connectivity index (χ1n) is 9.43. The van der Waals surface area contributed by atoms with Crippen LogP contribution >= 0.6 is 0 Å². The maximum absolute atomic E-state index is 12.0. The number of hydrogen-bond donors (Lipinski definition) is 2. The third kappa shape index (κ3) is 9.24. The fraction of sp³-hybridized carbons (Fsp3) is 0.611. The van der Waals surface area contributed by atoms with Crippen molar-refractivity contribution in [1.29, 1.82) is 0 Å². The van der Waals surface area contributed by atoms with Gasteiger partial charge in [0.15, 0.2) is 12.4 Å². The molecular weight excluding hydrogens is 495 g/mol. The van der Waals surface area contributed by atoms with Crippen LogP contribution in [0.15, 0.2) is 24.5 Å². The Morgan fingerprint density at radius 3 is 2.76 bits per heavy atom. The third-order valence-electron chi connectivity index (χ3n) is 4.75. The zero-order valence-corrected chi connectivity index (χ0v) is 18.5. The van der Waals surface area contributed by atoms with E-state index < -0.39 is 17.1 Å². The molecule has 11 heteroatoms. The number of nitrogens with zero attached hydrogens (tertiary/aromatic N) is 2. The molecule has 2 rings (SSSR count). The van der Waals surface area contributed by atoms with Crippen LogP contribution in [0, 0.1) is 16.0 Å². The van der Waals surface area contributed by atoms with E-state index in [0.717, 1.165) is 12.8 Å². The van der Waals surface area contributed by atoms with Gasteiger partial charge in [-0.15, -0.1) is 10.1 Å². The van der Waals surface area contributed by atoms with Gasteiger partial charge < -0.3 is 44.2 Å². The first kappa shape index (κ1) is 24.9. The zero-order valence-electron chi connectivity index (χ0n) is 16.3. The highest BCUT2D eigenvalue weighted by atomic mass is 127. The van der Waals surface area contributed by atoms with E-state index in [2.05, 4.69) is 15.5 Å². The molecule has 2 amide bonds. The zero-order chi connectivity index (χ0) is 20.4. The van der Waals surface area contributed by atoms with Gasteiger partial charge in [-0.25, -0.2) is 4.79 Å². The molecule has 1 aliphatic rings. The van der Waals surface area contributed by atoms with Crippen molar-refractivity contribution in [2.24, 2.45) is 5.92 Å². The van der Waals surface area contributed by atoms with Gasteiger partial charge in [0.2, 0.25) is 0 Å². The van der Waals surface area contributed by atoms with Gasteiger partial charge in [-0.1, -0.05) is 19.3 Å². The molecule has 10 nitrogen and oxygen atoms in total. The van der Waals surface area contributed by atoms with E-state index in [-0.39, 0.29) is 49.9 Å². The first-order chi connectivity index (χ1) is 13.5. The average molecular weight is 522 g/mol. The first-order valence-corrected chi connectivity index (χ1v) is 9.43. The highest BCUT2D eigenvalue weighted by Crippen LogP contribution is 2.26. The molecule has 0 aromatic carbocycles. The number of halogens is 1. The van der Waals surface area contributed by atoms with Gasteiger partial charge >= 0.3 is 6.09 Å². The van der Waals surface area contributed by atoms with E-state index in [0.29, 0.717) is 11.5 Å². The number of rotatable bonds is 9. The summed E-state index contributed by atoms with van der Waals surface area (Å²) in [7, 11) is 0. The molecular formula is C18H27IN4O6. The SMILES string of the molecule is C[C@H](NC(=O)OC[n+]1cccc(C(=O)NCCO[N+](=O)[O-])c1)C1CCCCC1.[I-].